The first-order valence-electron chi connectivity index (χ1n) is 30.5. The summed E-state index contributed by atoms with van der Waals surface area (Å²) < 4.78 is 119. The number of aliphatic hydroxyl groups excluding tert-OH is 1. The molecule has 7 nitrogen and oxygen atoms in total. The molecule has 0 radical (unpaired) electrons. The predicted octanol–water partition coefficient (Wildman–Crippen LogP) is 22.6. The number of phenols is 1. The van der Waals surface area contributed by atoms with Gasteiger partial charge in [0.15, 0.2) is 15.5 Å². The molecule has 0 bridgehead atoms. The fourth-order valence-corrected chi connectivity index (χ4v) is 8.15. The molecule has 516 valence electrons. The highest BCUT2D eigenvalue weighted by molar-refractivity contribution is 7.90. The minimum Gasteiger partial charge on any atom is -0.508 e. The van der Waals surface area contributed by atoms with E-state index in [4.69, 9.17) is 27.3 Å². The van der Waals surface area contributed by atoms with Gasteiger partial charge in [0.05, 0.1) is 46.9 Å². The van der Waals surface area contributed by atoms with Gasteiger partial charge in [0.25, 0.3) is 0 Å². The van der Waals surface area contributed by atoms with Crippen molar-refractivity contribution in [1.29, 1.82) is 10.5 Å². The first kappa shape index (κ1) is 86.1. The Morgan fingerprint density at radius 2 is 0.828 bits per heavy atom. The maximum absolute atomic E-state index is 12.5. The van der Waals surface area contributed by atoms with E-state index in [1.54, 1.807) is 88.4 Å². The number of nitrogens with zero attached hydrogens (tertiary/aromatic N) is 3. The first-order chi connectivity index (χ1) is 46.7. The molecule has 11 aromatic carbocycles. The highest BCUT2D eigenvalue weighted by Gasteiger charge is 2.30. The van der Waals surface area contributed by atoms with Crippen molar-refractivity contribution in [2.24, 2.45) is 0 Å². The fraction of sp³-hybridized carbons (Fsp3) is 0.169. The number of sulfone groups is 1. The Labute approximate surface area is 579 Å². The number of hydrogen-bond acceptors (Lipinski definition) is 6. The van der Waals surface area contributed by atoms with Crippen LogP contribution < -0.4 is 0 Å². The number of alkyl halides is 3. The van der Waals surface area contributed by atoms with Gasteiger partial charge in [-0.2, -0.15) is 23.7 Å². The second-order valence-corrected chi connectivity index (χ2v) is 24.1. The first-order valence-corrected chi connectivity index (χ1v) is 32.3. The van der Waals surface area contributed by atoms with E-state index in [0.29, 0.717) is 44.1 Å². The van der Waals surface area contributed by atoms with Crippen molar-refractivity contribution in [3.8, 4) is 17.9 Å². The van der Waals surface area contributed by atoms with E-state index in [1.165, 1.54) is 77.5 Å². The Bertz CT molecular complexity index is 4240. The van der Waals surface area contributed by atoms with Crippen molar-refractivity contribution in [2.45, 2.75) is 93.8 Å². The topological polar surface area (TPSA) is 127 Å². The Morgan fingerprint density at radius 1 is 0.404 bits per heavy atom. The van der Waals surface area contributed by atoms with Gasteiger partial charge in [-0.3, -0.25) is 0 Å². The zero-order chi connectivity index (χ0) is 74.5. The molecule has 0 saturated heterocycles. The zero-order valence-electron chi connectivity index (χ0n) is 57.5. The number of nitriles is 2. The molecule has 2 N–H and O–H groups in total. The SMILES string of the molecule is Cc1cc(C#N)ccc1F.Cc1cc(F)cc(F)c1.Cc1ccc(CO)cc1.Cc1cccc(C#N)c1.Cc1cccc(C(F)(F)F)c1.Cc1cccc(F)c1.Cc1cccc(O)c1.Cc1cccc(S(C)(=O)=O)c1.Cc1ccccc1.Cc1ccccc1F.[C-]#[N+]c1ccc(C)cc1. The Kier molecular flexibility index (Phi) is 40.9. The van der Waals surface area contributed by atoms with Crippen LogP contribution in [0.15, 0.2) is 266 Å². The second-order valence-electron chi connectivity index (χ2n) is 22.1. The van der Waals surface area contributed by atoms with Gasteiger partial charge >= 0.3 is 6.18 Å². The summed E-state index contributed by atoms with van der Waals surface area (Å²) >= 11 is 0. The molecule has 16 heteroatoms. The number of aryl methyl sites for hydroxylation is 11. The highest BCUT2D eigenvalue weighted by atomic mass is 32.2. The third-order valence-electron chi connectivity index (χ3n) is 12.7. The number of hydrogen-bond donors (Lipinski definition) is 2. The standard InChI is InChI=1S/C8H7F3.C8H6FN.2C8H7N.C8H10O2S.C8H10O.C7H6F2.2C7H7F.C7H8O.C7H8/c1-6-3-2-4-7(5-6)8(9,10)11;1-6-4-7(5-10)2-3-8(6)9;1-7-3-5-8(9-2)6-4-7;1-7-3-2-4-8(5-7)6-9;1-7-4-3-5-8(6-7)11(2,9)10;1-7-2-4-8(6-9)5-3-7;1-5-2-6(8)4-7(9)3-5;1-6-3-2-4-7(8)5-6;1-6-4-2-3-5-7(6)8;1-6-3-2-4-7(8)5-6;1-7-5-3-2-4-6-7/h2-5H,1H3;2-4H,1H3;3-6H,1H3;2-5H,1H3;3-6H,1-2H3;2-5,9H,6H2,1H3;2-4H,1H3;2*2-5H,1H3;2-5,8H,1H3;2-6H,1H3. The van der Waals surface area contributed by atoms with Crippen LogP contribution in [-0.2, 0) is 22.6 Å². The van der Waals surface area contributed by atoms with Crippen LogP contribution in [-0.4, -0.2) is 24.9 Å². The van der Waals surface area contributed by atoms with Gasteiger partial charge in [-0.25, -0.2) is 35.2 Å². The summed E-state index contributed by atoms with van der Waals surface area (Å²) in [5.41, 5.74) is 12.7. The lowest BCUT2D eigenvalue weighted by Crippen LogP contribution is -2.04. The van der Waals surface area contributed by atoms with E-state index < -0.39 is 33.2 Å². The zero-order valence-corrected chi connectivity index (χ0v) is 58.3. The molecule has 99 heavy (non-hydrogen) atoms. The Hall–Kier alpha value is -11.0. The molecular weight excluding hydrogens is 1290 g/mol. The number of rotatable bonds is 2. The van der Waals surface area contributed by atoms with E-state index in [9.17, 15) is 43.5 Å². The fourth-order valence-electron chi connectivity index (χ4n) is 7.42. The third kappa shape index (κ3) is 41.6. The van der Waals surface area contributed by atoms with Crippen LogP contribution in [0.4, 0.5) is 40.8 Å². The van der Waals surface area contributed by atoms with Crippen LogP contribution >= 0.6 is 0 Å². The number of benzene rings is 11. The second kappa shape index (κ2) is 47.0. The van der Waals surface area contributed by atoms with Gasteiger partial charge in [0.1, 0.15) is 34.8 Å². The summed E-state index contributed by atoms with van der Waals surface area (Å²) in [4.78, 5) is 3.65. The molecule has 0 spiro atoms. The minimum absolute atomic E-state index is 0.132. The smallest absolute Gasteiger partial charge is 0.416 e. The van der Waals surface area contributed by atoms with Gasteiger partial charge in [-0.15, -0.1) is 0 Å². The van der Waals surface area contributed by atoms with Crippen molar-refractivity contribution in [2.75, 3.05) is 6.26 Å². The summed E-state index contributed by atoms with van der Waals surface area (Å²) in [6.07, 6.45) is -3.01. The van der Waals surface area contributed by atoms with E-state index in [1.807, 2.05) is 163 Å². The number of halogens is 8. The predicted molar refractivity (Wildman–Crippen MR) is 384 cm³/mol. The van der Waals surface area contributed by atoms with E-state index in [0.717, 1.165) is 51.6 Å². The summed E-state index contributed by atoms with van der Waals surface area (Å²) in [7, 11) is -3.03. The Morgan fingerprint density at radius 3 is 1.17 bits per heavy atom. The van der Waals surface area contributed by atoms with Crippen LogP contribution in [0.3, 0.4) is 0 Å². The van der Waals surface area contributed by atoms with Crippen LogP contribution in [0, 0.1) is 134 Å². The summed E-state index contributed by atoms with van der Waals surface area (Å²) in [6.45, 7) is 27.2. The van der Waals surface area contributed by atoms with Crippen LogP contribution in [0.2, 0.25) is 0 Å². The summed E-state index contributed by atoms with van der Waals surface area (Å²) in [5.74, 6) is -1.26. The molecule has 0 fully saturated rings. The molecule has 0 amide bonds. The molecular formula is C83H83F8N3O4S. The number of aromatic hydroxyl groups is 1. The third-order valence-corrected chi connectivity index (χ3v) is 13.8. The maximum atomic E-state index is 12.5. The van der Waals surface area contributed by atoms with E-state index in [2.05, 4.69) is 30.0 Å². The molecule has 0 atom stereocenters. The van der Waals surface area contributed by atoms with Crippen molar-refractivity contribution in [3.05, 3.63) is 385 Å². The molecule has 0 unspecified atom stereocenters. The average Bonchev–Trinajstić information content (AvgIpc) is 0.941. The van der Waals surface area contributed by atoms with Crippen molar-refractivity contribution in [1.82, 2.24) is 0 Å². The number of aliphatic hydroxyl groups is 1. The van der Waals surface area contributed by atoms with E-state index in [-0.39, 0.29) is 24.1 Å². The summed E-state index contributed by atoms with van der Waals surface area (Å²) in [6, 6.07) is 77.3. The lowest BCUT2D eigenvalue weighted by molar-refractivity contribution is -0.137. The molecule has 11 aromatic rings. The quantitative estimate of drug-likeness (QED) is 0.131. The van der Waals surface area contributed by atoms with Gasteiger partial charge in [-0.05, 0) is 212 Å². The van der Waals surface area contributed by atoms with Crippen LogP contribution in [0.1, 0.15) is 83.5 Å². The van der Waals surface area contributed by atoms with Crippen LogP contribution in [0.25, 0.3) is 4.85 Å². The monoisotopic (exact) mass is 1370 g/mol. The average molecular weight is 1370 g/mol. The molecule has 0 heterocycles. The molecule has 0 aromatic heterocycles. The van der Waals surface area contributed by atoms with E-state index >= 15 is 0 Å². The largest absolute Gasteiger partial charge is 0.508 e. The van der Waals surface area contributed by atoms with Gasteiger partial charge in [0.2, 0.25) is 0 Å². The summed E-state index contributed by atoms with van der Waals surface area (Å²) in [5, 5.41) is 34.2. The molecule has 0 aliphatic heterocycles. The lowest BCUT2D eigenvalue weighted by Gasteiger charge is -2.05. The highest BCUT2D eigenvalue weighted by Crippen LogP contribution is 2.29. The van der Waals surface area contributed by atoms with Crippen molar-refractivity contribution >= 4 is 15.5 Å². The Balaban J connectivity index is 0.000000546. The molecule has 0 aliphatic rings. The molecule has 11 rings (SSSR count). The molecule has 0 saturated carbocycles. The van der Waals surface area contributed by atoms with Gasteiger partial charge in [-0.1, -0.05) is 186 Å². The lowest BCUT2D eigenvalue weighted by atomic mass is 10.1. The normalized spacial score (nSPS) is 9.60. The van der Waals surface area contributed by atoms with Gasteiger partial charge < -0.3 is 10.2 Å². The van der Waals surface area contributed by atoms with Crippen molar-refractivity contribution < 1.29 is 53.8 Å². The number of phenolic OH excluding ortho intramolecular Hbond substituents is 1. The van der Waals surface area contributed by atoms with Crippen molar-refractivity contribution in [3.63, 3.8) is 0 Å². The van der Waals surface area contributed by atoms with Crippen LogP contribution in [0.5, 0.6) is 5.75 Å². The molecule has 0 aliphatic carbocycles. The van der Waals surface area contributed by atoms with Gasteiger partial charge in [0, 0.05) is 12.3 Å². The minimum atomic E-state index is -4.22. The maximum Gasteiger partial charge on any atom is 0.416 e.